The summed E-state index contributed by atoms with van der Waals surface area (Å²) in [6, 6.07) is 0. The van der Waals surface area contributed by atoms with Gasteiger partial charge in [-0.2, -0.15) is 4.40 Å². The molecule has 0 N–H and O–H groups in total. The van der Waals surface area contributed by atoms with Gasteiger partial charge in [0.2, 0.25) is 0 Å². The molecule has 0 aromatic carbocycles. The third kappa shape index (κ3) is 2.99. The van der Waals surface area contributed by atoms with Crippen LogP contribution in [0, 0.1) is 0 Å². The first-order chi connectivity index (χ1) is 6.41. The molecule has 0 amide bonds. The summed E-state index contributed by atoms with van der Waals surface area (Å²) in [5.41, 5.74) is 2.54. The van der Waals surface area contributed by atoms with E-state index in [-0.39, 0.29) is 4.75 Å². The molecule has 14 heavy (non-hydrogen) atoms. The maximum atomic E-state index is 11.7. The fraction of sp³-hybridized carbons (Fsp3) is 0.556. The minimum Gasteiger partial charge on any atom is -0.252 e. The largest absolute Gasteiger partial charge is 0.252 e. The first kappa shape index (κ1) is 11.5. The van der Waals surface area contributed by atoms with Crippen LogP contribution in [0.2, 0.25) is 0 Å². The summed E-state index contributed by atoms with van der Waals surface area (Å²) in [6.07, 6.45) is 1.74. The fourth-order valence-electron chi connectivity index (χ4n) is 0.701. The molecular formula is C9H14N2OS2. The Labute approximate surface area is 90.9 Å². The Morgan fingerprint density at radius 2 is 2.21 bits per heavy atom. The van der Waals surface area contributed by atoms with Gasteiger partial charge in [0.1, 0.15) is 11.0 Å². The Morgan fingerprint density at radius 3 is 2.64 bits per heavy atom. The van der Waals surface area contributed by atoms with E-state index in [1.165, 1.54) is 11.3 Å². The lowest BCUT2D eigenvalue weighted by Crippen LogP contribution is -2.20. The van der Waals surface area contributed by atoms with Crippen molar-refractivity contribution < 1.29 is 4.21 Å². The summed E-state index contributed by atoms with van der Waals surface area (Å²) in [5, 5.41) is 0. The van der Waals surface area contributed by atoms with E-state index in [1.807, 2.05) is 27.7 Å². The summed E-state index contributed by atoms with van der Waals surface area (Å²) >= 11 is 1.51. The Morgan fingerprint density at radius 1 is 1.57 bits per heavy atom. The predicted octanol–water partition coefficient (Wildman–Crippen LogP) is 2.41. The van der Waals surface area contributed by atoms with Gasteiger partial charge in [-0.25, -0.2) is 4.21 Å². The molecule has 1 aromatic rings. The van der Waals surface area contributed by atoms with Gasteiger partial charge in [0.15, 0.2) is 0 Å². The zero-order valence-corrected chi connectivity index (χ0v) is 10.4. The van der Waals surface area contributed by atoms with Crippen molar-refractivity contribution in [3.63, 3.8) is 0 Å². The van der Waals surface area contributed by atoms with Crippen molar-refractivity contribution in [2.24, 2.45) is 4.40 Å². The lowest BCUT2D eigenvalue weighted by molar-refractivity contribution is 0.650. The molecule has 1 atom stereocenters. The number of hydrogen-bond acceptors (Lipinski definition) is 3. The molecule has 0 saturated heterocycles. The normalized spacial score (nSPS) is 15.6. The lowest BCUT2D eigenvalue weighted by Gasteiger charge is -2.13. The van der Waals surface area contributed by atoms with E-state index < -0.39 is 11.0 Å². The van der Waals surface area contributed by atoms with Crippen molar-refractivity contribution in [3.8, 4) is 0 Å². The van der Waals surface area contributed by atoms with E-state index in [0.717, 1.165) is 10.6 Å². The van der Waals surface area contributed by atoms with Gasteiger partial charge in [0.05, 0.1) is 20.8 Å². The number of nitrogens with zero attached hydrogens (tertiary/aromatic N) is 2. The molecule has 1 heterocycles. The summed E-state index contributed by atoms with van der Waals surface area (Å²) in [5.74, 6) is 0. The van der Waals surface area contributed by atoms with Crippen molar-refractivity contribution in [2.75, 3.05) is 0 Å². The second-order valence-electron chi connectivity index (χ2n) is 3.90. The molecule has 0 spiro atoms. The standard InChI is InChI=1S/C9H14N2OS2/c1-7(8-5-10-6-13-8)11-14(12)9(2,3)4/h5-6H,1-4H3. The van der Waals surface area contributed by atoms with Crippen LogP contribution in [0.15, 0.2) is 16.1 Å². The first-order valence-corrected chi connectivity index (χ1v) is 6.26. The molecule has 0 aliphatic rings. The van der Waals surface area contributed by atoms with E-state index in [2.05, 4.69) is 9.38 Å². The van der Waals surface area contributed by atoms with Gasteiger partial charge >= 0.3 is 0 Å². The summed E-state index contributed by atoms with van der Waals surface area (Å²) in [7, 11) is -1.19. The van der Waals surface area contributed by atoms with Gasteiger partial charge in [-0.05, 0) is 27.7 Å². The van der Waals surface area contributed by atoms with Crippen LogP contribution in [0.5, 0.6) is 0 Å². The Bertz CT molecular complexity index is 349. The Kier molecular flexibility index (Phi) is 3.55. The summed E-state index contributed by atoms with van der Waals surface area (Å²) in [4.78, 5) is 4.93. The van der Waals surface area contributed by atoms with E-state index >= 15 is 0 Å². The van der Waals surface area contributed by atoms with Crippen LogP contribution in [0.25, 0.3) is 0 Å². The van der Waals surface area contributed by atoms with Gasteiger partial charge in [0.25, 0.3) is 0 Å². The van der Waals surface area contributed by atoms with Gasteiger partial charge < -0.3 is 0 Å². The van der Waals surface area contributed by atoms with Gasteiger partial charge in [-0.3, -0.25) is 4.98 Å². The summed E-state index contributed by atoms with van der Waals surface area (Å²) in [6.45, 7) is 7.59. The average Bonchev–Trinajstić information content (AvgIpc) is 2.53. The zero-order chi connectivity index (χ0) is 10.8. The van der Waals surface area contributed by atoms with E-state index in [4.69, 9.17) is 0 Å². The third-order valence-electron chi connectivity index (χ3n) is 1.53. The minimum absolute atomic E-state index is 0.300. The fourth-order valence-corrected chi connectivity index (χ4v) is 1.95. The first-order valence-electron chi connectivity index (χ1n) is 4.27. The van der Waals surface area contributed by atoms with Crippen LogP contribution < -0.4 is 0 Å². The lowest BCUT2D eigenvalue weighted by atomic mass is 10.3. The van der Waals surface area contributed by atoms with Crippen molar-refractivity contribution in [3.05, 3.63) is 16.6 Å². The SMILES string of the molecule is CC(=NS(=O)C(C)(C)C)c1cncs1. The van der Waals surface area contributed by atoms with E-state index in [0.29, 0.717) is 0 Å². The molecule has 0 aliphatic heterocycles. The number of hydrogen-bond donors (Lipinski definition) is 0. The molecule has 0 bridgehead atoms. The zero-order valence-electron chi connectivity index (χ0n) is 8.77. The molecule has 0 aliphatic carbocycles. The third-order valence-corrected chi connectivity index (χ3v) is 3.90. The maximum absolute atomic E-state index is 11.7. The van der Waals surface area contributed by atoms with Crippen LogP contribution in [-0.4, -0.2) is 19.7 Å². The highest BCUT2D eigenvalue weighted by Gasteiger charge is 2.19. The van der Waals surface area contributed by atoms with E-state index in [9.17, 15) is 4.21 Å². The highest BCUT2D eigenvalue weighted by molar-refractivity contribution is 7.85. The van der Waals surface area contributed by atoms with Gasteiger partial charge in [-0.1, -0.05) is 0 Å². The van der Waals surface area contributed by atoms with Gasteiger partial charge in [-0.15, -0.1) is 11.3 Å². The van der Waals surface area contributed by atoms with E-state index in [1.54, 1.807) is 11.7 Å². The molecule has 1 unspecified atom stereocenters. The highest BCUT2D eigenvalue weighted by atomic mass is 32.2. The maximum Gasteiger partial charge on any atom is 0.145 e. The van der Waals surface area contributed by atoms with Crippen LogP contribution >= 0.6 is 11.3 Å². The predicted molar refractivity (Wildman–Crippen MR) is 62.2 cm³/mol. The molecule has 0 radical (unpaired) electrons. The highest BCUT2D eigenvalue weighted by Crippen LogP contribution is 2.15. The molecular weight excluding hydrogens is 216 g/mol. The topological polar surface area (TPSA) is 42.3 Å². The van der Waals surface area contributed by atoms with Gasteiger partial charge in [0, 0.05) is 6.20 Å². The molecule has 0 fully saturated rings. The van der Waals surface area contributed by atoms with Crippen LogP contribution in [0.4, 0.5) is 0 Å². The molecule has 1 aromatic heterocycles. The molecule has 5 heteroatoms. The second-order valence-corrected chi connectivity index (χ2v) is 6.70. The smallest absolute Gasteiger partial charge is 0.145 e. The van der Waals surface area contributed by atoms with Crippen LogP contribution in [-0.2, 0) is 11.0 Å². The molecule has 3 nitrogen and oxygen atoms in total. The summed E-state index contributed by atoms with van der Waals surface area (Å²) < 4.78 is 15.5. The quantitative estimate of drug-likeness (QED) is 0.732. The Balaban J connectivity index is 2.85. The Hall–Kier alpha value is -0.550. The molecule has 78 valence electrons. The monoisotopic (exact) mass is 230 g/mol. The number of thiazole rings is 1. The van der Waals surface area contributed by atoms with Crippen molar-refractivity contribution >= 4 is 28.0 Å². The second kappa shape index (κ2) is 4.31. The van der Waals surface area contributed by atoms with Crippen LogP contribution in [0.1, 0.15) is 32.6 Å². The minimum atomic E-state index is -1.19. The van der Waals surface area contributed by atoms with Crippen molar-refractivity contribution in [1.82, 2.24) is 4.98 Å². The number of rotatable bonds is 2. The molecule has 1 rings (SSSR count). The van der Waals surface area contributed by atoms with Crippen molar-refractivity contribution in [2.45, 2.75) is 32.4 Å². The van der Waals surface area contributed by atoms with Crippen molar-refractivity contribution in [1.29, 1.82) is 0 Å². The number of aromatic nitrogens is 1. The van der Waals surface area contributed by atoms with Crippen LogP contribution in [0.3, 0.4) is 0 Å². The average molecular weight is 230 g/mol. The molecule has 0 saturated carbocycles.